The minimum Gasteiger partial charge on any atom is -0.409 e. The van der Waals surface area contributed by atoms with Crippen molar-refractivity contribution in [2.75, 3.05) is 31.1 Å². The van der Waals surface area contributed by atoms with Crippen LogP contribution < -0.4 is 4.90 Å². The molecule has 0 amide bonds. The molecule has 1 fully saturated rings. The fourth-order valence-corrected chi connectivity index (χ4v) is 3.39. The van der Waals surface area contributed by atoms with E-state index >= 15 is 0 Å². The van der Waals surface area contributed by atoms with Gasteiger partial charge in [0, 0.05) is 49.6 Å². The number of nitro groups is 1. The maximum atomic E-state index is 10.8. The van der Waals surface area contributed by atoms with E-state index in [1.807, 2.05) is 30.3 Å². The smallest absolute Gasteiger partial charge is 0.288 e. The van der Waals surface area contributed by atoms with Gasteiger partial charge in [-0.3, -0.25) is 15.0 Å². The molecular weight excluding hydrogens is 378 g/mol. The SMILES string of the molecule is O=[N+]([O-])c1ccc(N2CCN(Cn3nc(-c4ccccc4)oc3=S)CC2)cc1. The van der Waals surface area contributed by atoms with E-state index in [0.717, 1.165) is 37.4 Å². The van der Waals surface area contributed by atoms with Gasteiger partial charge in [0.05, 0.1) is 11.6 Å². The van der Waals surface area contributed by atoms with Crippen molar-refractivity contribution in [3.8, 4) is 11.5 Å². The number of aromatic nitrogens is 2. The summed E-state index contributed by atoms with van der Waals surface area (Å²) in [6.45, 7) is 3.91. The Bertz CT molecular complexity index is 1010. The minimum atomic E-state index is -0.382. The van der Waals surface area contributed by atoms with Crippen molar-refractivity contribution in [1.82, 2.24) is 14.7 Å². The summed E-state index contributed by atoms with van der Waals surface area (Å²) in [7, 11) is 0. The second-order valence-electron chi connectivity index (χ2n) is 6.56. The molecule has 1 aliphatic heterocycles. The molecule has 0 atom stereocenters. The highest BCUT2D eigenvalue weighted by Crippen LogP contribution is 2.21. The molecule has 28 heavy (non-hydrogen) atoms. The van der Waals surface area contributed by atoms with E-state index in [1.54, 1.807) is 28.9 Å². The summed E-state index contributed by atoms with van der Waals surface area (Å²) < 4.78 is 7.35. The van der Waals surface area contributed by atoms with E-state index in [2.05, 4.69) is 14.9 Å². The van der Waals surface area contributed by atoms with Gasteiger partial charge in [-0.25, -0.2) is 4.68 Å². The normalized spacial score (nSPS) is 14.9. The number of piperazine rings is 1. The van der Waals surface area contributed by atoms with Crippen LogP contribution in [0.5, 0.6) is 0 Å². The molecule has 2 aromatic carbocycles. The summed E-state index contributed by atoms with van der Waals surface area (Å²) in [4.78, 5) is 15.2. The molecule has 4 rings (SSSR count). The Hall–Kier alpha value is -3.04. The molecule has 0 unspecified atom stereocenters. The first-order valence-corrected chi connectivity index (χ1v) is 9.36. The fraction of sp³-hybridized carbons (Fsp3) is 0.263. The van der Waals surface area contributed by atoms with E-state index < -0.39 is 0 Å². The highest BCUT2D eigenvalue weighted by molar-refractivity contribution is 7.71. The Morgan fingerprint density at radius 3 is 2.36 bits per heavy atom. The Balaban J connectivity index is 1.38. The summed E-state index contributed by atoms with van der Waals surface area (Å²) in [6, 6.07) is 16.4. The number of anilines is 1. The van der Waals surface area contributed by atoms with Gasteiger partial charge in [-0.1, -0.05) is 18.2 Å². The van der Waals surface area contributed by atoms with Crippen molar-refractivity contribution in [3.63, 3.8) is 0 Å². The van der Waals surface area contributed by atoms with Gasteiger partial charge in [0.1, 0.15) is 0 Å². The van der Waals surface area contributed by atoms with Crippen molar-refractivity contribution in [2.24, 2.45) is 0 Å². The van der Waals surface area contributed by atoms with E-state index in [4.69, 9.17) is 16.6 Å². The van der Waals surface area contributed by atoms with Gasteiger partial charge in [-0.2, -0.15) is 0 Å². The Kier molecular flexibility index (Phi) is 5.18. The first-order chi connectivity index (χ1) is 13.6. The van der Waals surface area contributed by atoms with E-state index in [-0.39, 0.29) is 10.6 Å². The van der Waals surface area contributed by atoms with Gasteiger partial charge >= 0.3 is 0 Å². The number of nitro benzene ring substituents is 1. The predicted molar refractivity (Wildman–Crippen MR) is 108 cm³/mol. The van der Waals surface area contributed by atoms with Gasteiger partial charge < -0.3 is 9.32 Å². The lowest BCUT2D eigenvalue weighted by atomic mass is 10.2. The summed E-state index contributed by atoms with van der Waals surface area (Å²) in [6.07, 6.45) is 0. The van der Waals surface area contributed by atoms with Crippen LogP contribution in [0.2, 0.25) is 0 Å². The van der Waals surface area contributed by atoms with Crippen LogP contribution in [0, 0.1) is 15.0 Å². The third-order valence-corrected chi connectivity index (χ3v) is 5.05. The summed E-state index contributed by atoms with van der Waals surface area (Å²) >= 11 is 5.32. The number of hydrogen-bond donors (Lipinski definition) is 0. The fourth-order valence-electron chi connectivity index (χ4n) is 3.22. The summed E-state index contributed by atoms with van der Waals surface area (Å²) in [5.74, 6) is 0.523. The van der Waals surface area contributed by atoms with Gasteiger partial charge in [-0.05, 0) is 36.5 Å². The molecule has 144 valence electrons. The number of rotatable bonds is 5. The first kappa shape index (κ1) is 18.3. The summed E-state index contributed by atoms with van der Waals surface area (Å²) in [5, 5.41) is 15.3. The lowest BCUT2D eigenvalue weighted by Gasteiger charge is -2.35. The molecule has 1 aromatic heterocycles. The first-order valence-electron chi connectivity index (χ1n) is 8.95. The molecule has 0 bridgehead atoms. The van der Waals surface area contributed by atoms with E-state index in [1.165, 1.54) is 0 Å². The molecule has 1 aliphatic rings. The lowest BCUT2D eigenvalue weighted by Crippen LogP contribution is -2.46. The van der Waals surface area contributed by atoms with Crippen LogP contribution in [0.15, 0.2) is 59.0 Å². The molecule has 1 saturated heterocycles. The zero-order valence-electron chi connectivity index (χ0n) is 15.1. The quantitative estimate of drug-likeness (QED) is 0.370. The van der Waals surface area contributed by atoms with Crippen molar-refractivity contribution < 1.29 is 9.34 Å². The third kappa shape index (κ3) is 3.95. The molecule has 0 N–H and O–H groups in total. The standard InChI is InChI=1S/C19H19N5O3S/c25-24(26)17-8-6-16(7-9-17)22-12-10-21(11-13-22)14-23-19(28)27-18(20-23)15-4-2-1-3-5-15/h1-9H,10-14H2. The zero-order chi connectivity index (χ0) is 19.5. The Labute approximate surface area is 166 Å². The second-order valence-corrected chi connectivity index (χ2v) is 6.91. The van der Waals surface area contributed by atoms with Gasteiger partial charge in [0.2, 0.25) is 5.89 Å². The molecule has 9 heteroatoms. The van der Waals surface area contributed by atoms with E-state index in [9.17, 15) is 10.1 Å². The topological polar surface area (TPSA) is 80.6 Å². The van der Waals surface area contributed by atoms with Crippen LogP contribution in [0.4, 0.5) is 11.4 Å². The molecule has 2 heterocycles. The number of non-ortho nitro benzene ring substituents is 1. The molecule has 0 aliphatic carbocycles. The molecule has 0 saturated carbocycles. The van der Waals surface area contributed by atoms with E-state index in [0.29, 0.717) is 17.4 Å². The number of benzene rings is 2. The highest BCUT2D eigenvalue weighted by atomic mass is 32.1. The number of nitrogens with zero attached hydrogens (tertiary/aromatic N) is 5. The van der Waals surface area contributed by atoms with Crippen molar-refractivity contribution >= 4 is 23.6 Å². The molecule has 3 aromatic rings. The van der Waals surface area contributed by atoms with Crippen LogP contribution in [0.1, 0.15) is 0 Å². The largest absolute Gasteiger partial charge is 0.409 e. The van der Waals surface area contributed by atoms with Crippen molar-refractivity contribution in [1.29, 1.82) is 0 Å². The maximum Gasteiger partial charge on any atom is 0.288 e. The van der Waals surface area contributed by atoms with Crippen molar-refractivity contribution in [3.05, 3.63) is 69.5 Å². The highest BCUT2D eigenvalue weighted by Gasteiger charge is 2.19. The Morgan fingerprint density at radius 1 is 1.04 bits per heavy atom. The lowest BCUT2D eigenvalue weighted by molar-refractivity contribution is -0.384. The van der Waals surface area contributed by atoms with Crippen LogP contribution >= 0.6 is 12.2 Å². The van der Waals surface area contributed by atoms with Gasteiger partial charge in [0.25, 0.3) is 10.5 Å². The average molecular weight is 397 g/mol. The van der Waals surface area contributed by atoms with Crippen LogP contribution in [0.3, 0.4) is 0 Å². The molecule has 8 nitrogen and oxygen atoms in total. The third-order valence-electron chi connectivity index (χ3n) is 4.76. The number of hydrogen-bond acceptors (Lipinski definition) is 7. The van der Waals surface area contributed by atoms with Gasteiger partial charge in [-0.15, -0.1) is 5.10 Å². The average Bonchev–Trinajstić information content (AvgIpc) is 3.10. The van der Waals surface area contributed by atoms with Crippen molar-refractivity contribution in [2.45, 2.75) is 6.67 Å². The zero-order valence-corrected chi connectivity index (χ0v) is 15.9. The van der Waals surface area contributed by atoms with Gasteiger partial charge in [0.15, 0.2) is 0 Å². The monoisotopic (exact) mass is 397 g/mol. The van der Waals surface area contributed by atoms with Crippen LogP contribution in [0.25, 0.3) is 11.5 Å². The molecule has 0 radical (unpaired) electrons. The summed E-state index contributed by atoms with van der Waals surface area (Å²) in [5.41, 5.74) is 2.00. The van der Waals surface area contributed by atoms with Crippen LogP contribution in [-0.2, 0) is 6.67 Å². The minimum absolute atomic E-state index is 0.108. The second kappa shape index (κ2) is 7.91. The predicted octanol–water partition coefficient (Wildman–Crippen LogP) is 3.56. The molecular formula is C19H19N5O3S. The maximum absolute atomic E-state index is 10.8. The molecule has 0 spiro atoms. The van der Waals surface area contributed by atoms with Crippen LogP contribution in [-0.4, -0.2) is 45.8 Å². The Morgan fingerprint density at radius 2 is 1.71 bits per heavy atom.